The minimum Gasteiger partial charge on any atom is -0.624 e. The van der Waals surface area contributed by atoms with Gasteiger partial charge in [0.05, 0.1) is 24.9 Å². The number of carbonyl (C=O) groups excluding carboxylic acids is 1. The van der Waals surface area contributed by atoms with Crippen LogP contribution >= 0.6 is 0 Å². The highest BCUT2D eigenvalue weighted by Crippen LogP contribution is 2.39. The van der Waals surface area contributed by atoms with E-state index in [4.69, 9.17) is 9.47 Å². The van der Waals surface area contributed by atoms with E-state index < -0.39 is 5.97 Å². The predicted molar refractivity (Wildman–Crippen MR) is 129 cm³/mol. The summed E-state index contributed by atoms with van der Waals surface area (Å²) in [6, 6.07) is 16.0. The molecule has 2 aliphatic rings. The molecule has 0 saturated carbocycles. The number of ether oxygens (including phenoxy) is 2. The molecule has 0 atom stereocenters. The molecule has 2 aromatic carbocycles. The molecular formula is C27H32N2O4. The third-order valence-electron chi connectivity index (χ3n) is 6.06. The van der Waals surface area contributed by atoms with Gasteiger partial charge < -0.3 is 14.7 Å². The summed E-state index contributed by atoms with van der Waals surface area (Å²) in [5.74, 6) is -0.466. The summed E-state index contributed by atoms with van der Waals surface area (Å²) < 4.78 is 11.8. The van der Waals surface area contributed by atoms with E-state index in [2.05, 4.69) is 17.0 Å². The highest BCUT2D eigenvalue weighted by molar-refractivity contribution is 6.35. The molecule has 0 unspecified atom stereocenters. The van der Waals surface area contributed by atoms with Gasteiger partial charge in [-0.1, -0.05) is 42.5 Å². The highest BCUT2D eigenvalue weighted by Gasteiger charge is 2.39. The molecule has 0 N–H and O–H groups in total. The predicted octanol–water partition coefficient (Wildman–Crippen LogP) is 3.65. The van der Waals surface area contributed by atoms with Gasteiger partial charge in [-0.05, 0) is 56.0 Å². The van der Waals surface area contributed by atoms with Crippen LogP contribution < -0.4 is 0 Å². The molecule has 1 heterocycles. The third kappa shape index (κ3) is 5.18. The molecule has 0 spiro atoms. The average molecular weight is 449 g/mol. The Morgan fingerprint density at radius 3 is 2.52 bits per heavy atom. The SMILES string of the molecule is CC(C)OC(=O)C1=C(c2ccccc2)c2ccc(CCCN3CCOCC3)cc2/C1=[N+](/C)[O-]. The van der Waals surface area contributed by atoms with Crippen LogP contribution in [0.2, 0.25) is 0 Å². The Balaban J connectivity index is 1.68. The topological polar surface area (TPSA) is 64.8 Å². The first-order chi connectivity index (χ1) is 16.0. The van der Waals surface area contributed by atoms with Gasteiger partial charge in [0.15, 0.2) is 0 Å². The third-order valence-corrected chi connectivity index (χ3v) is 6.06. The van der Waals surface area contributed by atoms with Crippen LogP contribution in [-0.4, -0.2) is 67.3 Å². The number of carbonyl (C=O) groups is 1. The summed E-state index contributed by atoms with van der Waals surface area (Å²) in [5, 5.41) is 12.7. The van der Waals surface area contributed by atoms with Crippen LogP contribution in [0.15, 0.2) is 54.1 Å². The second-order valence-corrected chi connectivity index (χ2v) is 8.85. The van der Waals surface area contributed by atoms with Crippen molar-refractivity contribution in [1.82, 2.24) is 4.90 Å². The fourth-order valence-electron chi connectivity index (χ4n) is 4.58. The second-order valence-electron chi connectivity index (χ2n) is 8.85. The molecule has 1 aliphatic heterocycles. The zero-order valence-corrected chi connectivity index (χ0v) is 19.7. The van der Waals surface area contributed by atoms with E-state index in [0.717, 1.165) is 78.3 Å². The van der Waals surface area contributed by atoms with Crippen molar-refractivity contribution in [3.8, 4) is 0 Å². The van der Waals surface area contributed by atoms with Gasteiger partial charge in [0, 0.05) is 18.7 Å². The lowest BCUT2D eigenvalue weighted by Gasteiger charge is -2.26. The second kappa shape index (κ2) is 10.3. The number of morpholine rings is 1. The molecule has 0 aromatic heterocycles. The van der Waals surface area contributed by atoms with E-state index in [-0.39, 0.29) is 6.10 Å². The van der Waals surface area contributed by atoms with Gasteiger partial charge in [-0.15, -0.1) is 0 Å². The molecule has 6 nitrogen and oxygen atoms in total. The number of rotatable bonds is 7. The molecule has 174 valence electrons. The number of esters is 1. The maximum absolute atomic E-state index is 13.2. The number of hydroxylamine groups is 1. The molecule has 2 aromatic rings. The van der Waals surface area contributed by atoms with Crippen LogP contribution in [0.3, 0.4) is 0 Å². The van der Waals surface area contributed by atoms with Crippen LogP contribution in [0.4, 0.5) is 0 Å². The quantitative estimate of drug-likeness (QED) is 0.280. The van der Waals surface area contributed by atoms with Gasteiger partial charge in [0.25, 0.3) is 0 Å². The highest BCUT2D eigenvalue weighted by atomic mass is 16.5. The molecule has 1 saturated heterocycles. The molecule has 1 fully saturated rings. The van der Waals surface area contributed by atoms with E-state index in [1.165, 1.54) is 7.05 Å². The van der Waals surface area contributed by atoms with Gasteiger partial charge in [0.1, 0.15) is 12.6 Å². The Kier molecular flexibility index (Phi) is 7.26. The van der Waals surface area contributed by atoms with Crippen LogP contribution in [0, 0.1) is 5.21 Å². The minimum atomic E-state index is -0.466. The molecule has 0 bridgehead atoms. The van der Waals surface area contributed by atoms with Crippen molar-refractivity contribution < 1.29 is 19.0 Å². The summed E-state index contributed by atoms with van der Waals surface area (Å²) in [6.45, 7) is 8.22. The summed E-state index contributed by atoms with van der Waals surface area (Å²) >= 11 is 0. The van der Waals surface area contributed by atoms with Crippen molar-refractivity contribution in [3.05, 3.63) is 81.6 Å². The van der Waals surface area contributed by atoms with E-state index in [1.807, 2.05) is 50.2 Å². The van der Waals surface area contributed by atoms with E-state index in [0.29, 0.717) is 11.3 Å². The van der Waals surface area contributed by atoms with Gasteiger partial charge >= 0.3 is 5.97 Å². The van der Waals surface area contributed by atoms with E-state index >= 15 is 0 Å². The zero-order chi connectivity index (χ0) is 23.4. The lowest BCUT2D eigenvalue weighted by Crippen LogP contribution is -2.36. The van der Waals surface area contributed by atoms with Crippen molar-refractivity contribution in [2.75, 3.05) is 39.9 Å². The Bertz CT molecular complexity index is 1060. The number of benzene rings is 2. The summed E-state index contributed by atoms with van der Waals surface area (Å²) in [6.07, 6.45) is 1.66. The average Bonchev–Trinajstić information content (AvgIpc) is 3.15. The van der Waals surface area contributed by atoms with Gasteiger partial charge in [0.2, 0.25) is 5.71 Å². The number of hydrogen-bond acceptors (Lipinski definition) is 5. The van der Waals surface area contributed by atoms with Crippen LogP contribution in [0.25, 0.3) is 5.57 Å². The standard InChI is InChI=1S/C27H32N2O4/c1-19(2)33-27(30)25-24(21-9-5-4-6-10-21)22-12-11-20(18-23(22)26(25)28(3)31)8-7-13-29-14-16-32-17-15-29/h4-6,9-12,18-19H,7-8,13-17H2,1-3H3/b28-26+. The molecule has 0 radical (unpaired) electrons. The Labute approximate surface area is 195 Å². The van der Waals surface area contributed by atoms with Crippen molar-refractivity contribution in [2.24, 2.45) is 0 Å². The van der Waals surface area contributed by atoms with E-state index in [9.17, 15) is 10.0 Å². The first kappa shape index (κ1) is 23.2. The van der Waals surface area contributed by atoms with Crippen molar-refractivity contribution in [2.45, 2.75) is 32.8 Å². The largest absolute Gasteiger partial charge is 0.624 e. The lowest BCUT2D eigenvalue weighted by atomic mass is 9.96. The van der Waals surface area contributed by atoms with Gasteiger partial charge in [-0.3, -0.25) is 4.90 Å². The van der Waals surface area contributed by atoms with Gasteiger partial charge in [-0.2, -0.15) is 0 Å². The monoisotopic (exact) mass is 448 g/mol. The fourth-order valence-corrected chi connectivity index (χ4v) is 4.58. The number of aryl methyl sites for hydroxylation is 1. The maximum Gasteiger partial charge on any atom is 0.345 e. The Morgan fingerprint density at radius 2 is 1.85 bits per heavy atom. The summed E-state index contributed by atoms with van der Waals surface area (Å²) in [4.78, 5) is 15.6. The van der Waals surface area contributed by atoms with Gasteiger partial charge in [-0.25, -0.2) is 9.53 Å². The molecule has 33 heavy (non-hydrogen) atoms. The first-order valence-corrected chi connectivity index (χ1v) is 11.7. The normalized spacial score (nSPS) is 17.9. The van der Waals surface area contributed by atoms with Crippen molar-refractivity contribution in [1.29, 1.82) is 0 Å². The van der Waals surface area contributed by atoms with Crippen molar-refractivity contribution >= 4 is 17.3 Å². The minimum absolute atomic E-state index is 0.278. The fraction of sp³-hybridized carbons (Fsp3) is 0.407. The smallest absolute Gasteiger partial charge is 0.345 e. The maximum atomic E-state index is 13.2. The summed E-state index contributed by atoms with van der Waals surface area (Å²) in [7, 11) is 1.45. The number of nitrogens with zero attached hydrogens (tertiary/aromatic N) is 2. The van der Waals surface area contributed by atoms with Crippen LogP contribution in [0.5, 0.6) is 0 Å². The molecule has 1 aliphatic carbocycles. The Morgan fingerprint density at radius 1 is 1.12 bits per heavy atom. The number of fused-ring (bicyclic) bond motifs is 1. The summed E-state index contributed by atoms with van der Waals surface area (Å²) in [5.41, 5.74) is 5.22. The zero-order valence-electron chi connectivity index (χ0n) is 19.7. The molecular weight excluding hydrogens is 416 g/mol. The van der Waals surface area contributed by atoms with Crippen molar-refractivity contribution in [3.63, 3.8) is 0 Å². The lowest BCUT2D eigenvalue weighted by molar-refractivity contribution is -0.421. The Hall–Kier alpha value is -2.96. The molecule has 4 rings (SSSR count). The van der Waals surface area contributed by atoms with Crippen LogP contribution in [-0.2, 0) is 20.7 Å². The first-order valence-electron chi connectivity index (χ1n) is 11.7. The van der Waals surface area contributed by atoms with E-state index in [1.54, 1.807) is 0 Å². The molecule has 0 amide bonds. The van der Waals surface area contributed by atoms with Crippen LogP contribution in [0.1, 0.15) is 42.5 Å². The number of hydrogen-bond donors (Lipinski definition) is 0. The molecule has 6 heteroatoms.